The van der Waals surface area contributed by atoms with E-state index in [0.29, 0.717) is 10.9 Å². The number of hydrogen-bond donors (Lipinski definition) is 3. The number of rotatable bonds is 5. The fraction of sp³-hybridized carbons (Fsp3) is 0.300. The van der Waals surface area contributed by atoms with Gasteiger partial charge in [0.2, 0.25) is 5.91 Å². The van der Waals surface area contributed by atoms with Crippen molar-refractivity contribution < 1.29 is 15.0 Å². The SMILES string of the molecule is Cc1cc(O)c(C(C)C)cc1N1C(=O)C(CNc2ccc(O)cc2)SC1=S. The van der Waals surface area contributed by atoms with Gasteiger partial charge in [0, 0.05) is 12.2 Å². The summed E-state index contributed by atoms with van der Waals surface area (Å²) in [6.45, 7) is 6.29. The first-order valence-electron chi connectivity index (χ1n) is 8.69. The molecular formula is C20H22N2O3S2. The number of benzene rings is 2. The van der Waals surface area contributed by atoms with Crippen LogP contribution in [0.15, 0.2) is 36.4 Å². The number of nitrogens with one attached hydrogen (secondary N) is 1. The predicted octanol–water partition coefficient (Wildman–Crippen LogP) is 4.38. The van der Waals surface area contributed by atoms with Gasteiger partial charge in [-0.1, -0.05) is 37.8 Å². The normalized spacial score (nSPS) is 17.0. The third-order valence-electron chi connectivity index (χ3n) is 4.49. The molecule has 3 rings (SSSR count). The number of amides is 1. The van der Waals surface area contributed by atoms with Crippen molar-refractivity contribution >= 4 is 45.6 Å². The van der Waals surface area contributed by atoms with E-state index in [-0.39, 0.29) is 28.6 Å². The van der Waals surface area contributed by atoms with Crippen LogP contribution in [0.3, 0.4) is 0 Å². The van der Waals surface area contributed by atoms with E-state index in [1.165, 1.54) is 11.8 Å². The fourth-order valence-corrected chi connectivity index (χ4v) is 4.44. The molecule has 1 unspecified atom stereocenters. The average Bonchev–Trinajstić information content (AvgIpc) is 2.88. The molecule has 2 aromatic rings. The van der Waals surface area contributed by atoms with Crippen LogP contribution in [0.2, 0.25) is 0 Å². The van der Waals surface area contributed by atoms with Crippen molar-refractivity contribution in [2.75, 3.05) is 16.8 Å². The topological polar surface area (TPSA) is 72.8 Å². The van der Waals surface area contributed by atoms with Gasteiger partial charge in [-0.15, -0.1) is 0 Å². The number of hydrogen-bond acceptors (Lipinski definition) is 6. The van der Waals surface area contributed by atoms with Gasteiger partial charge in [-0.25, -0.2) is 0 Å². The third kappa shape index (κ3) is 4.04. The van der Waals surface area contributed by atoms with Gasteiger partial charge in [0.25, 0.3) is 0 Å². The Kier molecular flexibility index (Phi) is 5.62. The number of aromatic hydroxyl groups is 2. The van der Waals surface area contributed by atoms with Gasteiger partial charge in [-0.05, 0) is 60.4 Å². The van der Waals surface area contributed by atoms with Gasteiger partial charge in [-0.3, -0.25) is 9.69 Å². The average molecular weight is 403 g/mol. The molecule has 0 radical (unpaired) electrons. The van der Waals surface area contributed by atoms with Crippen LogP contribution in [0.4, 0.5) is 11.4 Å². The maximum Gasteiger partial charge on any atom is 0.247 e. The van der Waals surface area contributed by atoms with E-state index in [4.69, 9.17) is 12.2 Å². The molecule has 0 aromatic heterocycles. The monoisotopic (exact) mass is 402 g/mol. The lowest BCUT2D eigenvalue weighted by atomic mass is 9.98. The summed E-state index contributed by atoms with van der Waals surface area (Å²) in [7, 11) is 0. The lowest BCUT2D eigenvalue weighted by Gasteiger charge is -2.21. The second kappa shape index (κ2) is 7.78. The highest BCUT2D eigenvalue weighted by atomic mass is 32.2. The third-order valence-corrected chi connectivity index (χ3v) is 6.00. The molecule has 0 saturated carbocycles. The van der Waals surface area contributed by atoms with Gasteiger partial charge in [0.15, 0.2) is 0 Å². The molecule has 3 N–H and O–H groups in total. The van der Waals surface area contributed by atoms with Crippen molar-refractivity contribution in [2.24, 2.45) is 0 Å². The summed E-state index contributed by atoms with van der Waals surface area (Å²) in [6, 6.07) is 10.2. The van der Waals surface area contributed by atoms with Gasteiger partial charge >= 0.3 is 0 Å². The Morgan fingerprint density at radius 1 is 1.22 bits per heavy atom. The summed E-state index contributed by atoms with van der Waals surface area (Å²) in [5, 5.41) is 22.4. The molecule has 0 aliphatic carbocycles. The van der Waals surface area contributed by atoms with Gasteiger partial charge in [0.1, 0.15) is 21.1 Å². The van der Waals surface area contributed by atoms with Crippen LogP contribution in [-0.4, -0.2) is 32.2 Å². The highest BCUT2D eigenvalue weighted by Gasteiger charge is 2.38. The predicted molar refractivity (Wildman–Crippen MR) is 115 cm³/mol. The van der Waals surface area contributed by atoms with Crippen molar-refractivity contribution in [3.05, 3.63) is 47.5 Å². The Morgan fingerprint density at radius 3 is 2.52 bits per heavy atom. The number of carbonyl (C=O) groups excluding carboxylic acids is 1. The van der Waals surface area contributed by atoms with Crippen LogP contribution < -0.4 is 10.2 Å². The molecule has 0 spiro atoms. The Labute approximate surface area is 168 Å². The summed E-state index contributed by atoms with van der Waals surface area (Å²) >= 11 is 6.83. The quantitative estimate of drug-likeness (QED) is 0.509. The smallest absolute Gasteiger partial charge is 0.247 e. The zero-order valence-electron chi connectivity index (χ0n) is 15.4. The van der Waals surface area contributed by atoms with Crippen molar-refractivity contribution in [3.8, 4) is 11.5 Å². The maximum atomic E-state index is 13.0. The van der Waals surface area contributed by atoms with Crippen LogP contribution in [0.1, 0.15) is 30.9 Å². The van der Waals surface area contributed by atoms with Crippen LogP contribution >= 0.6 is 24.0 Å². The first-order chi connectivity index (χ1) is 12.8. The molecule has 1 fully saturated rings. The molecule has 2 aromatic carbocycles. The molecule has 27 heavy (non-hydrogen) atoms. The fourth-order valence-electron chi connectivity index (χ4n) is 3.00. The summed E-state index contributed by atoms with van der Waals surface area (Å²) in [5.41, 5.74) is 3.15. The van der Waals surface area contributed by atoms with Crippen molar-refractivity contribution in [1.29, 1.82) is 0 Å². The summed E-state index contributed by atoms with van der Waals surface area (Å²) in [4.78, 5) is 14.6. The summed E-state index contributed by atoms with van der Waals surface area (Å²) in [6.07, 6.45) is 0. The molecular weight excluding hydrogens is 380 g/mol. The van der Waals surface area contributed by atoms with Gasteiger partial charge in [-0.2, -0.15) is 0 Å². The van der Waals surface area contributed by atoms with E-state index in [0.717, 1.165) is 22.5 Å². The molecule has 1 saturated heterocycles. The molecule has 1 atom stereocenters. The number of nitrogens with zero attached hydrogens (tertiary/aromatic N) is 1. The Bertz CT molecular complexity index is 882. The van der Waals surface area contributed by atoms with Crippen LogP contribution in [0.5, 0.6) is 11.5 Å². The highest BCUT2D eigenvalue weighted by Crippen LogP contribution is 2.38. The zero-order valence-corrected chi connectivity index (χ0v) is 17.0. The van der Waals surface area contributed by atoms with Crippen molar-refractivity contribution in [3.63, 3.8) is 0 Å². The molecule has 1 aliphatic rings. The number of carbonyl (C=O) groups is 1. The first-order valence-corrected chi connectivity index (χ1v) is 9.97. The Balaban J connectivity index is 1.80. The number of thiocarbonyl (C=S) groups is 1. The van der Waals surface area contributed by atoms with E-state index in [9.17, 15) is 15.0 Å². The largest absolute Gasteiger partial charge is 0.508 e. The number of phenols is 2. The number of anilines is 2. The minimum atomic E-state index is -0.331. The van der Waals surface area contributed by atoms with Gasteiger partial charge < -0.3 is 15.5 Å². The number of thioether (sulfide) groups is 1. The lowest BCUT2D eigenvalue weighted by Crippen LogP contribution is -2.34. The molecule has 7 heteroatoms. The Hall–Kier alpha value is -2.25. The minimum absolute atomic E-state index is 0.0697. The van der Waals surface area contributed by atoms with E-state index in [1.54, 1.807) is 35.2 Å². The number of aryl methyl sites for hydroxylation is 1. The van der Waals surface area contributed by atoms with Crippen molar-refractivity contribution in [1.82, 2.24) is 0 Å². The summed E-state index contributed by atoms with van der Waals surface area (Å²) in [5.74, 6) is 0.500. The minimum Gasteiger partial charge on any atom is -0.508 e. The summed E-state index contributed by atoms with van der Waals surface area (Å²) < 4.78 is 0.515. The number of phenolic OH excluding ortho intramolecular Hbond substituents is 2. The standard InChI is InChI=1S/C20H22N2O3S2/c1-11(2)15-9-16(12(3)8-17(15)24)22-19(25)18(27-20(22)26)10-21-13-4-6-14(23)7-5-13/h4-9,11,18,21,23-24H,10H2,1-3H3. The molecule has 1 heterocycles. The molecule has 5 nitrogen and oxygen atoms in total. The van der Waals surface area contributed by atoms with Crippen molar-refractivity contribution in [2.45, 2.75) is 31.9 Å². The highest BCUT2D eigenvalue weighted by molar-refractivity contribution is 8.25. The van der Waals surface area contributed by atoms with E-state index < -0.39 is 0 Å². The molecule has 142 valence electrons. The van der Waals surface area contributed by atoms with E-state index in [2.05, 4.69) is 5.32 Å². The molecule has 0 bridgehead atoms. The van der Waals surface area contributed by atoms with Crippen LogP contribution in [0, 0.1) is 6.92 Å². The molecule has 1 aliphatic heterocycles. The maximum absolute atomic E-state index is 13.0. The second-order valence-corrected chi connectivity index (χ2v) is 8.66. The second-order valence-electron chi connectivity index (χ2n) is 6.83. The lowest BCUT2D eigenvalue weighted by molar-refractivity contribution is -0.116. The van der Waals surface area contributed by atoms with Gasteiger partial charge in [0.05, 0.1) is 5.69 Å². The van der Waals surface area contributed by atoms with E-state index >= 15 is 0 Å². The first kappa shape index (κ1) is 19.5. The zero-order chi connectivity index (χ0) is 19.7. The Morgan fingerprint density at radius 2 is 1.89 bits per heavy atom. The molecule has 1 amide bonds. The van der Waals surface area contributed by atoms with Crippen LogP contribution in [0.25, 0.3) is 0 Å². The van der Waals surface area contributed by atoms with Crippen LogP contribution in [-0.2, 0) is 4.79 Å². The van der Waals surface area contributed by atoms with E-state index in [1.807, 2.05) is 26.8 Å².